The number of aryl methyl sites for hydroxylation is 1. The van der Waals surface area contributed by atoms with E-state index in [0.29, 0.717) is 36.7 Å². The molecule has 0 aliphatic heterocycles. The predicted octanol–water partition coefficient (Wildman–Crippen LogP) is 3.14. The number of rotatable bonds is 8. The first kappa shape index (κ1) is 20.9. The Morgan fingerprint density at radius 1 is 1.03 bits per heavy atom. The Morgan fingerprint density at radius 2 is 1.83 bits per heavy atom. The van der Waals surface area contributed by atoms with Gasteiger partial charge in [0.05, 0.1) is 25.6 Å². The fraction of sp³-hybridized carbons (Fsp3) is 0.227. The number of carbonyl (C=O) groups is 1. The summed E-state index contributed by atoms with van der Waals surface area (Å²) in [5, 5.41) is 9.92. The lowest BCUT2D eigenvalue weighted by molar-refractivity contribution is 0.251. The van der Waals surface area contributed by atoms with Crippen molar-refractivity contribution < 1.29 is 14.3 Å². The molecule has 0 aliphatic rings. The zero-order valence-corrected chi connectivity index (χ0v) is 16.9. The topological polar surface area (TPSA) is 94.5 Å². The fourth-order valence-corrected chi connectivity index (χ4v) is 2.87. The van der Waals surface area contributed by atoms with Crippen LogP contribution in [0.3, 0.4) is 0 Å². The highest BCUT2D eigenvalue weighted by molar-refractivity contribution is 5.91. The van der Waals surface area contributed by atoms with Gasteiger partial charge in [-0.2, -0.15) is 5.10 Å². The standard InChI is InChI=1S/C22H24N4O4/c1-29-17-9-10-19(20(15-17)30-2)24-22(28)23-13-6-14-26-21(27)12-11-18(25-26)16-7-4-3-5-8-16/h3-5,7-12,15H,6,13-14H2,1-2H3,(H2,23,24,28). The molecule has 0 spiro atoms. The van der Waals surface area contributed by atoms with Crippen LogP contribution in [0.4, 0.5) is 10.5 Å². The average Bonchev–Trinajstić information content (AvgIpc) is 2.78. The van der Waals surface area contributed by atoms with E-state index in [-0.39, 0.29) is 11.6 Å². The van der Waals surface area contributed by atoms with Gasteiger partial charge in [-0.1, -0.05) is 30.3 Å². The summed E-state index contributed by atoms with van der Waals surface area (Å²) in [6.07, 6.45) is 0.554. The number of nitrogens with one attached hydrogen (secondary N) is 2. The highest BCUT2D eigenvalue weighted by Gasteiger charge is 2.09. The first-order valence-electron chi connectivity index (χ1n) is 9.51. The number of nitrogens with zero attached hydrogens (tertiary/aromatic N) is 2. The van der Waals surface area contributed by atoms with Crippen molar-refractivity contribution in [3.05, 3.63) is 71.0 Å². The Morgan fingerprint density at radius 3 is 2.57 bits per heavy atom. The van der Waals surface area contributed by atoms with E-state index in [1.165, 1.54) is 17.9 Å². The van der Waals surface area contributed by atoms with E-state index in [1.54, 1.807) is 31.4 Å². The molecule has 3 rings (SSSR count). The van der Waals surface area contributed by atoms with Crippen LogP contribution in [0.15, 0.2) is 65.5 Å². The minimum atomic E-state index is -0.364. The molecule has 3 aromatic rings. The number of ether oxygens (including phenoxy) is 2. The summed E-state index contributed by atoms with van der Waals surface area (Å²) in [5.41, 5.74) is 2.02. The maximum Gasteiger partial charge on any atom is 0.319 e. The first-order chi connectivity index (χ1) is 14.6. The van der Waals surface area contributed by atoms with Crippen LogP contribution in [-0.4, -0.2) is 36.6 Å². The van der Waals surface area contributed by atoms with Gasteiger partial charge < -0.3 is 20.1 Å². The summed E-state index contributed by atoms with van der Waals surface area (Å²) in [7, 11) is 3.08. The van der Waals surface area contributed by atoms with E-state index in [9.17, 15) is 9.59 Å². The Kier molecular flexibility index (Phi) is 7.05. The minimum Gasteiger partial charge on any atom is -0.497 e. The monoisotopic (exact) mass is 408 g/mol. The maximum absolute atomic E-state index is 12.2. The molecule has 0 fully saturated rings. The molecule has 0 radical (unpaired) electrons. The molecule has 156 valence electrons. The molecular formula is C22H24N4O4. The summed E-state index contributed by atoms with van der Waals surface area (Å²) in [6.45, 7) is 0.777. The van der Waals surface area contributed by atoms with Crippen LogP contribution in [0.1, 0.15) is 6.42 Å². The number of amides is 2. The molecule has 0 atom stereocenters. The molecule has 0 aliphatic carbocycles. The third-order valence-electron chi connectivity index (χ3n) is 4.43. The van der Waals surface area contributed by atoms with E-state index in [1.807, 2.05) is 30.3 Å². The van der Waals surface area contributed by atoms with Crippen LogP contribution in [-0.2, 0) is 6.54 Å². The van der Waals surface area contributed by atoms with E-state index >= 15 is 0 Å². The van der Waals surface area contributed by atoms with E-state index in [4.69, 9.17) is 9.47 Å². The zero-order chi connectivity index (χ0) is 21.3. The molecule has 2 aromatic carbocycles. The molecule has 0 unspecified atom stereocenters. The van der Waals surface area contributed by atoms with Crippen LogP contribution >= 0.6 is 0 Å². The molecular weight excluding hydrogens is 384 g/mol. The van der Waals surface area contributed by atoms with Gasteiger partial charge in [-0.3, -0.25) is 4.79 Å². The molecule has 8 nitrogen and oxygen atoms in total. The van der Waals surface area contributed by atoms with Crippen LogP contribution in [0.2, 0.25) is 0 Å². The number of urea groups is 1. The van der Waals surface area contributed by atoms with Gasteiger partial charge in [-0.25, -0.2) is 9.48 Å². The lowest BCUT2D eigenvalue weighted by atomic mass is 10.1. The number of hydrogen-bond acceptors (Lipinski definition) is 5. The summed E-state index contributed by atoms with van der Waals surface area (Å²) < 4.78 is 11.8. The molecule has 1 aromatic heterocycles. The third kappa shape index (κ3) is 5.38. The molecule has 2 amide bonds. The summed E-state index contributed by atoms with van der Waals surface area (Å²) >= 11 is 0. The van der Waals surface area contributed by atoms with E-state index < -0.39 is 0 Å². The largest absolute Gasteiger partial charge is 0.497 e. The second-order valence-corrected chi connectivity index (χ2v) is 6.45. The number of carbonyl (C=O) groups excluding carboxylic acids is 1. The number of methoxy groups -OCH3 is 2. The Balaban J connectivity index is 1.53. The lowest BCUT2D eigenvalue weighted by Crippen LogP contribution is -2.31. The molecule has 8 heteroatoms. The molecule has 0 bridgehead atoms. The molecule has 1 heterocycles. The van der Waals surface area contributed by atoms with Gasteiger partial charge in [0.2, 0.25) is 0 Å². The second kappa shape index (κ2) is 10.1. The smallest absolute Gasteiger partial charge is 0.319 e. The van der Waals surface area contributed by atoms with Crippen molar-refractivity contribution in [2.24, 2.45) is 0 Å². The zero-order valence-electron chi connectivity index (χ0n) is 16.9. The van der Waals surface area contributed by atoms with Crippen LogP contribution in [0.5, 0.6) is 11.5 Å². The number of anilines is 1. The Hall–Kier alpha value is -3.81. The highest BCUT2D eigenvalue weighted by Crippen LogP contribution is 2.28. The normalized spacial score (nSPS) is 10.3. The van der Waals surface area contributed by atoms with Crippen molar-refractivity contribution in [3.8, 4) is 22.8 Å². The van der Waals surface area contributed by atoms with Gasteiger partial charge in [0.1, 0.15) is 11.5 Å². The van der Waals surface area contributed by atoms with Crippen LogP contribution in [0, 0.1) is 0 Å². The van der Waals surface area contributed by atoms with Crippen molar-refractivity contribution in [2.75, 3.05) is 26.1 Å². The van der Waals surface area contributed by atoms with Gasteiger partial charge in [0.25, 0.3) is 5.56 Å². The maximum atomic E-state index is 12.2. The molecule has 0 saturated heterocycles. The van der Waals surface area contributed by atoms with Crippen LogP contribution < -0.4 is 25.7 Å². The number of aromatic nitrogens is 2. The van der Waals surface area contributed by atoms with Gasteiger partial charge in [0.15, 0.2) is 0 Å². The SMILES string of the molecule is COc1ccc(NC(=O)NCCCn2nc(-c3ccccc3)ccc2=O)c(OC)c1. The Bertz CT molecular complexity index is 1050. The summed E-state index contributed by atoms with van der Waals surface area (Å²) in [5.74, 6) is 1.13. The van der Waals surface area contributed by atoms with Crippen molar-refractivity contribution in [2.45, 2.75) is 13.0 Å². The van der Waals surface area contributed by atoms with Crippen molar-refractivity contribution in [3.63, 3.8) is 0 Å². The fourth-order valence-electron chi connectivity index (χ4n) is 2.87. The van der Waals surface area contributed by atoms with E-state index in [0.717, 1.165) is 11.3 Å². The van der Waals surface area contributed by atoms with E-state index in [2.05, 4.69) is 15.7 Å². The van der Waals surface area contributed by atoms with Crippen molar-refractivity contribution in [1.82, 2.24) is 15.1 Å². The van der Waals surface area contributed by atoms with Gasteiger partial charge in [0, 0.05) is 30.8 Å². The van der Waals surface area contributed by atoms with Gasteiger partial charge in [-0.15, -0.1) is 0 Å². The quantitative estimate of drug-likeness (QED) is 0.559. The third-order valence-corrected chi connectivity index (χ3v) is 4.43. The molecule has 30 heavy (non-hydrogen) atoms. The summed E-state index contributed by atoms with van der Waals surface area (Å²) in [6, 6.07) is 17.6. The second-order valence-electron chi connectivity index (χ2n) is 6.45. The van der Waals surface area contributed by atoms with Gasteiger partial charge in [-0.05, 0) is 24.6 Å². The van der Waals surface area contributed by atoms with Crippen molar-refractivity contribution in [1.29, 1.82) is 0 Å². The number of hydrogen-bond donors (Lipinski definition) is 2. The predicted molar refractivity (Wildman–Crippen MR) is 115 cm³/mol. The van der Waals surface area contributed by atoms with Gasteiger partial charge >= 0.3 is 6.03 Å². The minimum absolute atomic E-state index is 0.179. The summed E-state index contributed by atoms with van der Waals surface area (Å²) in [4.78, 5) is 24.2. The molecule has 0 saturated carbocycles. The number of benzene rings is 2. The highest BCUT2D eigenvalue weighted by atomic mass is 16.5. The first-order valence-corrected chi connectivity index (χ1v) is 9.51. The average molecular weight is 408 g/mol. The molecule has 2 N–H and O–H groups in total. The Labute approximate surface area is 174 Å². The lowest BCUT2D eigenvalue weighted by Gasteiger charge is -2.12. The van der Waals surface area contributed by atoms with Crippen LogP contribution in [0.25, 0.3) is 11.3 Å². The van der Waals surface area contributed by atoms with Crippen molar-refractivity contribution >= 4 is 11.7 Å².